The third-order valence-corrected chi connectivity index (χ3v) is 2.45. The molecule has 0 fully saturated rings. The van der Waals surface area contributed by atoms with E-state index in [1.807, 2.05) is 0 Å². The van der Waals surface area contributed by atoms with Crippen LogP contribution in [-0.4, -0.2) is 18.3 Å². The Bertz CT molecular complexity index is 503. The molecule has 0 aliphatic carbocycles. The van der Waals surface area contributed by atoms with Gasteiger partial charge < -0.3 is 4.74 Å². The largest absolute Gasteiger partial charge is 0.461 e. The molecule has 0 bridgehead atoms. The number of hydrogen-bond donors (Lipinski definition) is 1. The Morgan fingerprint density at radius 1 is 1.50 bits per heavy atom. The van der Waals surface area contributed by atoms with Gasteiger partial charge in [-0.05, 0) is 19.1 Å². The molecule has 94 valence electrons. The molecule has 7 heteroatoms. The van der Waals surface area contributed by atoms with Crippen LogP contribution >= 0.6 is 23.2 Å². The molecule has 0 aromatic heterocycles. The van der Waals surface area contributed by atoms with Crippen molar-refractivity contribution >= 4 is 40.6 Å². The number of rotatable bonds is 4. The van der Waals surface area contributed by atoms with E-state index in [9.17, 15) is 4.79 Å². The van der Waals surface area contributed by atoms with Gasteiger partial charge in [-0.1, -0.05) is 29.3 Å². The van der Waals surface area contributed by atoms with E-state index in [1.54, 1.807) is 31.2 Å². The molecule has 1 rings (SSSR count). The molecule has 0 heterocycles. The number of halogens is 2. The summed E-state index contributed by atoms with van der Waals surface area (Å²) in [6, 6.07) is 6.48. The van der Waals surface area contributed by atoms with Gasteiger partial charge in [0.25, 0.3) is 0 Å². The van der Waals surface area contributed by atoms with Crippen molar-refractivity contribution in [3.05, 3.63) is 28.2 Å². The minimum absolute atomic E-state index is 0.159. The van der Waals surface area contributed by atoms with E-state index in [4.69, 9.17) is 28.5 Å². The first kappa shape index (κ1) is 14.3. The van der Waals surface area contributed by atoms with Crippen LogP contribution < -0.4 is 5.43 Å². The number of hydrogen-bond acceptors (Lipinski definition) is 5. The molecular weight excluding hydrogens is 277 g/mol. The maximum atomic E-state index is 11.3. The predicted molar refractivity (Wildman–Crippen MR) is 69.8 cm³/mol. The van der Waals surface area contributed by atoms with E-state index >= 15 is 0 Å². The van der Waals surface area contributed by atoms with Crippen molar-refractivity contribution in [3.63, 3.8) is 0 Å². The van der Waals surface area contributed by atoms with Gasteiger partial charge in [-0.3, -0.25) is 5.43 Å². The topological polar surface area (TPSA) is 74.5 Å². The van der Waals surface area contributed by atoms with Gasteiger partial charge in [-0.25, -0.2) is 4.79 Å². The monoisotopic (exact) mass is 285 g/mol. The Kier molecular flexibility index (Phi) is 5.43. The number of esters is 1. The minimum Gasteiger partial charge on any atom is -0.461 e. The van der Waals surface area contributed by atoms with E-state index in [0.29, 0.717) is 15.7 Å². The molecule has 0 amide bonds. The Morgan fingerprint density at radius 3 is 2.61 bits per heavy atom. The molecule has 1 N–H and O–H groups in total. The van der Waals surface area contributed by atoms with E-state index in [0.717, 1.165) is 0 Å². The van der Waals surface area contributed by atoms with Crippen molar-refractivity contribution in [2.75, 3.05) is 12.0 Å². The molecule has 1 aromatic rings. The first-order valence-electron chi connectivity index (χ1n) is 4.95. The summed E-state index contributed by atoms with van der Waals surface area (Å²) in [7, 11) is 0. The molecule has 5 nitrogen and oxygen atoms in total. The zero-order chi connectivity index (χ0) is 13.5. The number of carbonyl (C=O) groups is 1. The van der Waals surface area contributed by atoms with Crippen LogP contribution in [0.15, 0.2) is 23.3 Å². The lowest BCUT2D eigenvalue weighted by Gasteiger charge is -2.05. The molecule has 0 unspecified atom stereocenters. The van der Waals surface area contributed by atoms with E-state index in [1.165, 1.54) is 0 Å². The molecule has 18 heavy (non-hydrogen) atoms. The summed E-state index contributed by atoms with van der Waals surface area (Å²) in [5, 5.41) is 13.0. The van der Waals surface area contributed by atoms with Gasteiger partial charge in [-0.15, -0.1) is 0 Å². The number of carbonyl (C=O) groups excluding carboxylic acids is 1. The van der Waals surface area contributed by atoms with Crippen LogP contribution in [0.3, 0.4) is 0 Å². The number of hydrazone groups is 1. The predicted octanol–water partition coefficient (Wildman–Crippen LogP) is 2.85. The van der Waals surface area contributed by atoms with Crippen molar-refractivity contribution in [2.45, 2.75) is 6.92 Å². The molecule has 0 spiro atoms. The third kappa shape index (κ3) is 3.62. The maximum Gasteiger partial charge on any atom is 0.369 e. The van der Waals surface area contributed by atoms with Crippen LogP contribution in [0, 0.1) is 11.3 Å². The Balaban J connectivity index is 2.91. The summed E-state index contributed by atoms with van der Waals surface area (Å²) >= 11 is 11.8. The van der Waals surface area contributed by atoms with Gasteiger partial charge >= 0.3 is 5.97 Å². The van der Waals surface area contributed by atoms with E-state index < -0.39 is 11.7 Å². The standard InChI is InChI=1S/C11H9Cl2N3O2/c1-2-18-11(17)9(6-14)15-16-10-7(12)4-3-5-8(10)13/h3-5,16H,2H2,1H3/b15-9-. The molecular formula is C11H9Cl2N3O2. The summed E-state index contributed by atoms with van der Waals surface area (Å²) in [6.45, 7) is 1.79. The van der Waals surface area contributed by atoms with Gasteiger partial charge in [0.15, 0.2) is 0 Å². The number of para-hydroxylation sites is 1. The van der Waals surface area contributed by atoms with Crippen molar-refractivity contribution < 1.29 is 9.53 Å². The van der Waals surface area contributed by atoms with Crippen molar-refractivity contribution in [1.82, 2.24) is 0 Å². The van der Waals surface area contributed by atoms with Gasteiger partial charge in [-0.2, -0.15) is 10.4 Å². The van der Waals surface area contributed by atoms with Crippen molar-refractivity contribution in [3.8, 4) is 6.07 Å². The van der Waals surface area contributed by atoms with Gasteiger partial charge in [0.05, 0.1) is 22.3 Å². The smallest absolute Gasteiger partial charge is 0.369 e. The quantitative estimate of drug-likeness (QED) is 0.524. The zero-order valence-corrected chi connectivity index (χ0v) is 10.9. The number of nitrogens with one attached hydrogen (secondary N) is 1. The molecule has 1 aromatic carbocycles. The fraction of sp³-hybridized carbons (Fsp3) is 0.182. The Morgan fingerprint density at radius 2 is 2.11 bits per heavy atom. The molecule has 0 aliphatic rings. The lowest BCUT2D eigenvalue weighted by Crippen LogP contribution is -2.17. The van der Waals surface area contributed by atoms with Crippen LogP contribution in [0.1, 0.15) is 6.92 Å². The van der Waals surface area contributed by atoms with Crippen LogP contribution in [0.4, 0.5) is 5.69 Å². The fourth-order valence-corrected chi connectivity index (χ4v) is 1.51. The SMILES string of the molecule is CCOC(=O)/C(C#N)=N\Nc1c(Cl)cccc1Cl. The molecule has 0 aliphatic heterocycles. The first-order chi connectivity index (χ1) is 8.60. The number of ether oxygens (including phenoxy) is 1. The average Bonchev–Trinajstić information content (AvgIpc) is 2.33. The van der Waals surface area contributed by atoms with E-state index in [-0.39, 0.29) is 6.61 Å². The van der Waals surface area contributed by atoms with Crippen LogP contribution in [0.5, 0.6) is 0 Å². The van der Waals surface area contributed by atoms with Gasteiger partial charge in [0.2, 0.25) is 5.71 Å². The molecule has 0 saturated heterocycles. The van der Waals surface area contributed by atoms with Crippen molar-refractivity contribution in [2.24, 2.45) is 5.10 Å². The fourth-order valence-electron chi connectivity index (χ4n) is 1.03. The number of anilines is 1. The number of benzene rings is 1. The molecule has 0 atom stereocenters. The summed E-state index contributed by atoms with van der Waals surface area (Å²) < 4.78 is 4.65. The summed E-state index contributed by atoms with van der Waals surface area (Å²) in [4.78, 5) is 11.3. The second-order valence-electron chi connectivity index (χ2n) is 3.00. The van der Waals surface area contributed by atoms with Crippen LogP contribution in [0.25, 0.3) is 0 Å². The second-order valence-corrected chi connectivity index (χ2v) is 3.82. The van der Waals surface area contributed by atoms with Gasteiger partial charge in [0.1, 0.15) is 6.07 Å². The summed E-state index contributed by atoms with van der Waals surface area (Å²) in [6.07, 6.45) is 0. The van der Waals surface area contributed by atoms with Gasteiger partial charge in [0, 0.05) is 0 Å². The Labute approximate surface area is 114 Å². The highest BCUT2D eigenvalue weighted by Gasteiger charge is 2.12. The van der Waals surface area contributed by atoms with Crippen molar-refractivity contribution in [1.29, 1.82) is 5.26 Å². The maximum absolute atomic E-state index is 11.3. The van der Waals surface area contributed by atoms with E-state index in [2.05, 4.69) is 15.3 Å². The third-order valence-electron chi connectivity index (χ3n) is 1.82. The summed E-state index contributed by atoms with van der Waals surface area (Å²) in [5.74, 6) is -0.810. The highest BCUT2D eigenvalue weighted by atomic mass is 35.5. The summed E-state index contributed by atoms with van der Waals surface area (Å²) in [5.41, 5.74) is 2.38. The average molecular weight is 286 g/mol. The second kappa shape index (κ2) is 6.84. The zero-order valence-electron chi connectivity index (χ0n) is 9.41. The number of nitriles is 1. The highest BCUT2D eigenvalue weighted by molar-refractivity contribution is 6.43. The Hall–Kier alpha value is -1.77. The normalized spacial score (nSPS) is 10.7. The first-order valence-corrected chi connectivity index (χ1v) is 5.70. The lowest BCUT2D eigenvalue weighted by atomic mass is 10.3. The van der Waals surface area contributed by atoms with Crippen LogP contribution in [-0.2, 0) is 9.53 Å². The molecule has 0 radical (unpaired) electrons. The number of nitrogens with zero attached hydrogens (tertiary/aromatic N) is 2. The minimum atomic E-state index is -0.810. The molecule has 0 saturated carbocycles. The lowest BCUT2D eigenvalue weighted by molar-refractivity contribution is -0.134. The highest BCUT2D eigenvalue weighted by Crippen LogP contribution is 2.29. The van der Waals surface area contributed by atoms with Crippen LogP contribution in [0.2, 0.25) is 10.0 Å².